The van der Waals surface area contributed by atoms with Crippen molar-refractivity contribution < 1.29 is 8.78 Å². The van der Waals surface area contributed by atoms with E-state index in [9.17, 15) is 8.78 Å². The van der Waals surface area contributed by atoms with E-state index in [1.807, 2.05) is 7.05 Å². The number of nitrogens with one attached hydrogen (secondary N) is 1. The van der Waals surface area contributed by atoms with Crippen molar-refractivity contribution >= 4 is 15.9 Å². The fraction of sp³-hybridized carbons (Fsp3) is 0.400. The van der Waals surface area contributed by atoms with Gasteiger partial charge >= 0.3 is 0 Å². The molecule has 0 saturated carbocycles. The van der Waals surface area contributed by atoms with Crippen LogP contribution in [-0.4, -0.2) is 13.6 Å². The van der Waals surface area contributed by atoms with E-state index >= 15 is 0 Å². The summed E-state index contributed by atoms with van der Waals surface area (Å²) in [7, 11) is 1.86. The largest absolute Gasteiger partial charge is 0.320 e. The van der Waals surface area contributed by atoms with E-state index < -0.39 is 11.6 Å². The Morgan fingerprint density at radius 2 is 1.93 bits per heavy atom. The molecule has 1 aromatic carbocycles. The molecule has 1 rings (SSSR count). The Bertz CT molecular complexity index is 315. The molecule has 78 valence electrons. The van der Waals surface area contributed by atoms with Gasteiger partial charge in [-0.05, 0) is 44.1 Å². The standard InChI is InChI=1S/C10H12BrF2N/c1-14-4-2-3-7-5-9(12)10(13)6-8(7)11/h5-6,14H,2-4H2,1H3. The lowest BCUT2D eigenvalue weighted by Gasteiger charge is -2.05. The molecule has 0 fully saturated rings. The first-order valence-corrected chi connectivity index (χ1v) is 5.22. The number of hydrogen-bond acceptors (Lipinski definition) is 1. The maximum absolute atomic E-state index is 12.9. The Balaban J connectivity index is 2.72. The van der Waals surface area contributed by atoms with Crippen molar-refractivity contribution in [2.45, 2.75) is 12.8 Å². The van der Waals surface area contributed by atoms with Gasteiger partial charge in [-0.25, -0.2) is 8.78 Å². The highest BCUT2D eigenvalue weighted by Crippen LogP contribution is 2.21. The normalized spacial score (nSPS) is 10.6. The number of halogens is 3. The van der Waals surface area contributed by atoms with E-state index in [0.717, 1.165) is 24.9 Å². The Labute approximate surface area is 90.6 Å². The number of rotatable bonds is 4. The van der Waals surface area contributed by atoms with E-state index in [1.54, 1.807) is 0 Å². The molecule has 1 aromatic rings. The Kier molecular flexibility index (Phi) is 4.48. The van der Waals surface area contributed by atoms with Crippen molar-refractivity contribution in [1.29, 1.82) is 0 Å². The van der Waals surface area contributed by atoms with Gasteiger partial charge in [0.1, 0.15) is 0 Å². The third kappa shape index (κ3) is 3.03. The van der Waals surface area contributed by atoms with E-state index in [1.165, 1.54) is 12.1 Å². The molecule has 0 aliphatic rings. The highest BCUT2D eigenvalue weighted by molar-refractivity contribution is 9.10. The zero-order valence-electron chi connectivity index (χ0n) is 7.91. The van der Waals surface area contributed by atoms with Gasteiger partial charge in [0.15, 0.2) is 11.6 Å². The van der Waals surface area contributed by atoms with Crippen molar-refractivity contribution in [2.24, 2.45) is 0 Å². The smallest absolute Gasteiger partial charge is 0.159 e. The van der Waals surface area contributed by atoms with Gasteiger partial charge in [0.25, 0.3) is 0 Å². The topological polar surface area (TPSA) is 12.0 Å². The van der Waals surface area contributed by atoms with Gasteiger partial charge in [-0.2, -0.15) is 0 Å². The van der Waals surface area contributed by atoms with Crippen LogP contribution < -0.4 is 5.32 Å². The minimum Gasteiger partial charge on any atom is -0.320 e. The van der Waals surface area contributed by atoms with Crippen LogP contribution in [0.2, 0.25) is 0 Å². The molecule has 0 radical (unpaired) electrons. The number of aryl methyl sites for hydroxylation is 1. The minimum atomic E-state index is -0.811. The fourth-order valence-electron chi connectivity index (χ4n) is 1.21. The van der Waals surface area contributed by atoms with Crippen LogP contribution in [0.1, 0.15) is 12.0 Å². The molecule has 0 atom stereocenters. The summed E-state index contributed by atoms with van der Waals surface area (Å²) in [6, 6.07) is 2.42. The molecule has 0 aromatic heterocycles. The van der Waals surface area contributed by atoms with Crippen molar-refractivity contribution in [3.63, 3.8) is 0 Å². The van der Waals surface area contributed by atoms with Gasteiger partial charge < -0.3 is 5.32 Å². The van der Waals surface area contributed by atoms with Crippen LogP contribution in [0, 0.1) is 11.6 Å². The average molecular weight is 264 g/mol. The molecule has 1 N–H and O–H groups in total. The van der Waals surface area contributed by atoms with Gasteiger partial charge in [0, 0.05) is 4.47 Å². The molecule has 14 heavy (non-hydrogen) atoms. The van der Waals surface area contributed by atoms with Crippen LogP contribution in [-0.2, 0) is 6.42 Å². The summed E-state index contributed by atoms with van der Waals surface area (Å²) < 4.78 is 26.2. The minimum absolute atomic E-state index is 0.632. The molecule has 0 bridgehead atoms. The van der Waals surface area contributed by atoms with E-state index in [0.29, 0.717) is 4.47 Å². The molecule has 0 aliphatic heterocycles. The van der Waals surface area contributed by atoms with Crippen molar-refractivity contribution in [3.8, 4) is 0 Å². The van der Waals surface area contributed by atoms with E-state index in [2.05, 4.69) is 21.2 Å². The van der Waals surface area contributed by atoms with Crippen molar-refractivity contribution in [1.82, 2.24) is 5.32 Å². The maximum atomic E-state index is 12.9. The van der Waals surface area contributed by atoms with Gasteiger partial charge in [0.05, 0.1) is 0 Å². The Morgan fingerprint density at radius 1 is 1.29 bits per heavy atom. The molecule has 0 heterocycles. The summed E-state index contributed by atoms with van der Waals surface area (Å²) in [6.45, 7) is 0.867. The van der Waals surface area contributed by atoms with Crippen LogP contribution in [0.25, 0.3) is 0 Å². The van der Waals surface area contributed by atoms with Crippen LogP contribution in [0.3, 0.4) is 0 Å². The Morgan fingerprint density at radius 3 is 2.57 bits per heavy atom. The van der Waals surface area contributed by atoms with Crippen LogP contribution in [0.5, 0.6) is 0 Å². The first-order valence-electron chi connectivity index (χ1n) is 4.43. The van der Waals surface area contributed by atoms with Gasteiger partial charge in [0.2, 0.25) is 0 Å². The molecule has 4 heteroatoms. The van der Waals surface area contributed by atoms with Crippen molar-refractivity contribution in [2.75, 3.05) is 13.6 Å². The van der Waals surface area contributed by atoms with Gasteiger partial charge in [-0.15, -0.1) is 0 Å². The van der Waals surface area contributed by atoms with E-state index in [4.69, 9.17) is 0 Å². The summed E-state index contributed by atoms with van der Waals surface area (Å²) in [4.78, 5) is 0. The molecular weight excluding hydrogens is 252 g/mol. The first-order chi connectivity index (χ1) is 6.65. The van der Waals surface area contributed by atoms with E-state index in [-0.39, 0.29) is 0 Å². The summed E-state index contributed by atoms with van der Waals surface area (Å²) in [5, 5.41) is 3.00. The molecule has 0 unspecified atom stereocenters. The highest BCUT2D eigenvalue weighted by Gasteiger charge is 2.07. The third-order valence-electron chi connectivity index (χ3n) is 1.96. The average Bonchev–Trinajstić information content (AvgIpc) is 2.14. The molecule has 0 spiro atoms. The zero-order chi connectivity index (χ0) is 10.6. The fourth-order valence-corrected chi connectivity index (χ4v) is 1.72. The molecule has 0 amide bonds. The van der Waals surface area contributed by atoms with Gasteiger partial charge in [-0.1, -0.05) is 15.9 Å². The maximum Gasteiger partial charge on any atom is 0.159 e. The third-order valence-corrected chi connectivity index (χ3v) is 2.70. The quantitative estimate of drug-likeness (QED) is 0.651. The lowest BCUT2D eigenvalue weighted by Crippen LogP contribution is -2.08. The SMILES string of the molecule is CNCCCc1cc(F)c(F)cc1Br. The van der Waals surface area contributed by atoms with Crippen LogP contribution in [0.4, 0.5) is 8.78 Å². The lowest BCUT2D eigenvalue weighted by molar-refractivity contribution is 0.506. The molecular formula is C10H12BrF2N. The Hall–Kier alpha value is -0.480. The predicted octanol–water partition coefficient (Wildman–Crippen LogP) is 2.88. The second-order valence-corrected chi connectivity index (χ2v) is 3.92. The van der Waals surface area contributed by atoms with Crippen LogP contribution in [0.15, 0.2) is 16.6 Å². The number of benzene rings is 1. The molecule has 1 nitrogen and oxygen atoms in total. The summed E-state index contributed by atoms with van der Waals surface area (Å²) in [5.41, 5.74) is 0.805. The van der Waals surface area contributed by atoms with Crippen LogP contribution >= 0.6 is 15.9 Å². The number of hydrogen-bond donors (Lipinski definition) is 1. The summed E-state index contributed by atoms with van der Waals surface area (Å²) in [6.07, 6.45) is 1.64. The van der Waals surface area contributed by atoms with Gasteiger partial charge in [-0.3, -0.25) is 0 Å². The monoisotopic (exact) mass is 263 g/mol. The summed E-state index contributed by atoms with van der Waals surface area (Å²) in [5.74, 6) is -1.60. The second-order valence-electron chi connectivity index (χ2n) is 3.06. The highest BCUT2D eigenvalue weighted by atomic mass is 79.9. The lowest BCUT2D eigenvalue weighted by atomic mass is 10.1. The van der Waals surface area contributed by atoms with Crippen molar-refractivity contribution in [3.05, 3.63) is 33.8 Å². The predicted molar refractivity (Wildman–Crippen MR) is 56.3 cm³/mol. The zero-order valence-corrected chi connectivity index (χ0v) is 9.50. The molecule has 0 aliphatic carbocycles. The first kappa shape index (κ1) is 11.6. The summed E-state index contributed by atoms with van der Waals surface area (Å²) >= 11 is 3.21. The molecule has 0 saturated heterocycles. The second kappa shape index (κ2) is 5.41.